The SMILES string of the molecule is Cc1ccc(Cn2cc(N)c(C)c(Br)c2=O)cc1C. The summed E-state index contributed by atoms with van der Waals surface area (Å²) in [7, 11) is 0. The van der Waals surface area contributed by atoms with E-state index in [0.717, 1.165) is 11.1 Å². The summed E-state index contributed by atoms with van der Waals surface area (Å²) in [4.78, 5) is 12.2. The Morgan fingerprint density at radius 2 is 1.89 bits per heavy atom. The molecule has 2 N–H and O–H groups in total. The maximum atomic E-state index is 12.2. The van der Waals surface area contributed by atoms with Crippen molar-refractivity contribution in [2.75, 3.05) is 5.73 Å². The van der Waals surface area contributed by atoms with Crippen molar-refractivity contribution in [1.29, 1.82) is 0 Å². The largest absolute Gasteiger partial charge is 0.397 e. The van der Waals surface area contributed by atoms with Gasteiger partial charge >= 0.3 is 0 Å². The molecule has 0 bridgehead atoms. The van der Waals surface area contributed by atoms with E-state index in [1.165, 1.54) is 11.1 Å². The number of hydrogen-bond acceptors (Lipinski definition) is 2. The van der Waals surface area contributed by atoms with E-state index in [4.69, 9.17) is 5.73 Å². The zero-order chi connectivity index (χ0) is 14.2. The van der Waals surface area contributed by atoms with Crippen LogP contribution < -0.4 is 11.3 Å². The highest BCUT2D eigenvalue weighted by atomic mass is 79.9. The van der Waals surface area contributed by atoms with Gasteiger partial charge in [-0.1, -0.05) is 18.2 Å². The Labute approximate surface area is 121 Å². The normalized spacial score (nSPS) is 10.7. The highest BCUT2D eigenvalue weighted by molar-refractivity contribution is 9.10. The maximum absolute atomic E-state index is 12.2. The monoisotopic (exact) mass is 320 g/mol. The number of aryl methyl sites for hydroxylation is 2. The number of pyridine rings is 1. The first kappa shape index (κ1) is 13.9. The number of aromatic nitrogens is 1. The van der Waals surface area contributed by atoms with Gasteiger partial charge in [-0.05, 0) is 59.0 Å². The summed E-state index contributed by atoms with van der Waals surface area (Å²) in [6.07, 6.45) is 1.71. The maximum Gasteiger partial charge on any atom is 0.265 e. The van der Waals surface area contributed by atoms with Crippen LogP contribution in [0, 0.1) is 20.8 Å². The molecule has 1 aromatic heterocycles. The molecule has 100 valence electrons. The molecule has 0 saturated heterocycles. The van der Waals surface area contributed by atoms with Gasteiger partial charge in [0.25, 0.3) is 5.56 Å². The van der Waals surface area contributed by atoms with Crippen molar-refractivity contribution in [2.24, 2.45) is 0 Å². The third-order valence-electron chi connectivity index (χ3n) is 3.43. The van der Waals surface area contributed by atoms with Gasteiger partial charge in [-0.3, -0.25) is 4.79 Å². The molecule has 0 aliphatic heterocycles. The van der Waals surface area contributed by atoms with Gasteiger partial charge in [0.2, 0.25) is 0 Å². The average molecular weight is 321 g/mol. The lowest BCUT2D eigenvalue weighted by atomic mass is 10.1. The molecular weight excluding hydrogens is 304 g/mol. The van der Waals surface area contributed by atoms with Crippen LogP contribution in [-0.2, 0) is 6.54 Å². The Balaban J connectivity index is 2.44. The molecule has 2 aromatic rings. The summed E-state index contributed by atoms with van der Waals surface area (Å²) in [5, 5.41) is 0. The van der Waals surface area contributed by atoms with Crippen molar-refractivity contribution in [3.05, 3.63) is 61.5 Å². The van der Waals surface area contributed by atoms with E-state index in [9.17, 15) is 4.79 Å². The van der Waals surface area contributed by atoms with Gasteiger partial charge < -0.3 is 10.3 Å². The molecule has 0 atom stereocenters. The quantitative estimate of drug-likeness (QED) is 0.923. The number of anilines is 1. The number of halogens is 1. The third-order valence-corrected chi connectivity index (χ3v) is 4.36. The van der Waals surface area contributed by atoms with Crippen LogP contribution in [0.15, 0.2) is 33.7 Å². The number of hydrogen-bond donors (Lipinski definition) is 1. The topological polar surface area (TPSA) is 48.0 Å². The van der Waals surface area contributed by atoms with Crippen molar-refractivity contribution < 1.29 is 0 Å². The molecule has 1 aromatic carbocycles. The summed E-state index contributed by atoms with van der Waals surface area (Å²) in [5.74, 6) is 0. The van der Waals surface area contributed by atoms with Crippen LogP contribution in [0.4, 0.5) is 5.69 Å². The van der Waals surface area contributed by atoms with Crippen LogP contribution in [-0.4, -0.2) is 4.57 Å². The number of nitrogens with two attached hydrogens (primary N) is 1. The van der Waals surface area contributed by atoms with E-state index in [0.29, 0.717) is 16.7 Å². The van der Waals surface area contributed by atoms with Gasteiger partial charge in [0, 0.05) is 6.20 Å². The fourth-order valence-electron chi connectivity index (χ4n) is 1.95. The first-order valence-electron chi connectivity index (χ1n) is 6.11. The second-order valence-corrected chi connectivity index (χ2v) is 5.67. The predicted octanol–water partition coefficient (Wildman–Crippen LogP) is 3.17. The van der Waals surface area contributed by atoms with Crippen molar-refractivity contribution in [2.45, 2.75) is 27.3 Å². The average Bonchev–Trinajstić information content (AvgIpc) is 2.38. The second kappa shape index (κ2) is 5.21. The molecule has 0 amide bonds. The van der Waals surface area contributed by atoms with Crippen LogP contribution in [0.1, 0.15) is 22.3 Å². The van der Waals surface area contributed by atoms with Crippen LogP contribution >= 0.6 is 15.9 Å². The number of rotatable bonds is 2. The molecule has 0 aliphatic rings. The lowest BCUT2D eigenvalue weighted by Crippen LogP contribution is -2.22. The Hall–Kier alpha value is -1.55. The summed E-state index contributed by atoms with van der Waals surface area (Å²) in [6, 6.07) is 6.22. The van der Waals surface area contributed by atoms with Crippen LogP contribution in [0.5, 0.6) is 0 Å². The van der Waals surface area contributed by atoms with Crippen molar-refractivity contribution >= 4 is 21.6 Å². The van der Waals surface area contributed by atoms with Gasteiger partial charge in [-0.15, -0.1) is 0 Å². The lowest BCUT2D eigenvalue weighted by Gasteiger charge is -2.11. The molecule has 0 spiro atoms. The molecule has 0 unspecified atom stereocenters. The zero-order valence-corrected chi connectivity index (χ0v) is 12.9. The molecule has 0 aliphatic carbocycles. The molecule has 0 saturated carbocycles. The molecule has 1 heterocycles. The lowest BCUT2D eigenvalue weighted by molar-refractivity contribution is 0.753. The fraction of sp³-hybridized carbons (Fsp3) is 0.267. The van der Waals surface area contributed by atoms with Crippen molar-refractivity contribution in [3.63, 3.8) is 0 Å². The Kier molecular flexibility index (Phi) is 3.80. The molecule has 0 radical (unpaired) electrons. The predicted molar refractivity (Wildman–Crippen MR) is 82.6 cm³/mol. The van der Waals surface area contributed by atoms with E-state index < -0.39 is 0 Å². The first-order valence-corrected chi connectivity index (χ1v) is 6.90. The fourth-order valence-corrected chi connectivity index (χ4v) is 2.41. The van der Waals surface area contributed by atoms with Gasteiger partial charge in [-0.25, -0.2) is 0 Å². The van der Waals surface area contributed by atoms with E-state index in [2.05, 4.69) is 41.9 Å². The first-order chi connectivity index (χ1) is 8.90. The van der Waals surface area contributed by atoms with Crippen molar-refractivity contribution in [1.82, 2.24) is 4.57 Å². The van der Waals surface area contributed by atoms with Gasteiger partial charge in [-0.2, -0.15) is 0 Å². The zero-order valence-electron chi connectivity index (χ0n) is 11.3. The van der Waals surface area contributed by atoms with Crippen LogP contribution in [0.3, 0.4) is 0 Å². The summed E-state index contributed by atoms with van der Waals surface area (Å²) in [6.45, 7) is 6.51. The van der Waals surface area contributed by atoms with E-state index in [-0.39, 0.29) is 5.56 Å². The molecule has 3 nitrogen and oxygen atoms in total. The van der Waals surface area contributed by atoms with Crippen LogP contribution in [0.2, 0.25) is 0 Å². The third kappa shape index (κ3) is 2.73. The summed E-state index contributed by atoms with van der Waals surface area (Å²) < 4.78 is 2.17. The number of benzene rings is 1. The number of nitrogen functional groups attached to an aromatic ring is 1. The Morgan fingerprint density at radius 1 is 1.21 bits per heavy atom. The van der Waals surface area contributed by atoms with Gasteiger partial charge in [0.05, 0.1) is 16.7 Å². The van der Waals surface area contributed by atoms with Gasteiger partial charge in [0.1, 0.15) is 0 Å². The van der Waals surface area contributed by atoms with Gasteiger partial charge in [0.15, 0.2) is 0 Å². The summed E-state index contributed by atoms with van der Waals surface area (Å²) >= 11 is 3.31. The smallest absolute Gasteiger partial charge is 0.265 e. The van der Waals surface area contributed by atoms with E-state index in [1.54, 1.807) is 10.8 Å². The van der Waals surface area contributed by atoms with Crippen molar-refractivity contribution in [3.8, 4) is 0 Å². The number of nitrogens with zero attached hydrogens (tertiary/aromatic N) is 1. The molecule has 4 heteroatoms. The molecule has 0 fully saturated rings. The van der Waals surface area contributed by atoms with E-state index in [1.807, 2.05) is 13.0 Å². The molecule has 19 heavy (non-hydrogen) atoms. The molecular formula is C15H17BrN2O. The van der Waals surface area contributed by atoms with E-state index >= 15 is 0 Å². The Bertz CT molecular complexity index is 689. The highest BCUT2D eigenvalue weighted by Gasteiger charge is 2.08. The second-order valence-electron chi connectivity index (χ2n) is 4.88. The minimum atomic E-state index is -0.0510. The standard InChI is InChI=1S/C15H17BrN2O/c1-9-4-5-12(6-10(9)2)7-18-8-13(17)11(3)14(16)15(18)19/h4-6,8H,7,17H2,1-3H3. The Morgan fingerprint density at radius 3 is 2.53 bits per heavy atom. The minimum absolute atomic E-state index is 0.0510. The minimum Gasteiger partial charge on any atom is -0.397 e. The molecule has 2 rings (SSSR count). The summed E-state index contributed by atoms with van der Waals surface area (Å²) in [5.41, 5.74) is 10.8. The van der Waals surface area contributed by atoms with Crippen LogP contribution in [0.25, 0.3) is 0 Å². The highest BCUT2D eigenvalue weighted by Crippen LogP contribution is 2.18.